The van der Waals surface area contributed by atoms with Crippen LogP contribution in [0.15, 0.2) is 61.1 Å². The number of Topliss-reactive ketones (excluding diaryl/α,β-unsaturated/α-hetero) is 1. The first-order valence-corrected chi connectivity index (χ1v) is 10.7. The van der Waals surface area contributed by atoms with Crippen molar-refractivity contribution in [3.8, 4) is 22.5 Å². The molecule has 1 aliphatic rings. The first-order chi connectivity index (χ1) is 15.5. The Hall–Kier alpha value is -3.61. The minimum atomic E-state index is -1.11. The zero-order valence-electron chi connectivity index (χ0n) is 18.1. The van der Waals surface area contributed by atoms with Crippen molar-refractivity contribution >= 4 is 5.78 Å². The van der Waals surface area contributed by atoms with Crippen LogP contribution in [-0.2, 0) is 20.0 Å². The average Bonchev–Trinajstić information content (AvgIpc) is 3.38. The summed E-state index contributed by atoms with van der Waals surface area (Å²) >= 11 is 0. The second-order valence-corrected chi connectivity index (χ2v) is 8.37. The molecule has 0 saturated carbocycles. The standard InChI is InChI=1S/C25H24FN5O/c1-16-7-6-10-27-24(16)19-13-28-30(2)25(19)22(32)11-18-12-23-29-21(15-31(23)14-20(18)26)17-8-4-3-5-9-17/h3-10,13,15,18,20H,11-12,14H2,1-2H3. The number of rotatable bonds is 5. The summed E-state index contributed by atoms with van der Waals surface area (Å²) in [5, 5.41) is 4.29. The van der Waals surface area contributed by atoms with E-state index in [0.717, 1.165) is 28.3 Å². The Labute approximate surface area is 185 Å². The summed E-state index contributed by atoms with van der Waals surface area (Å²) in [6.07, 6.45) is 4.68. The van der Waals surface area contributed by atoms with Crippen molar-refractivity contribution in [3.63, 3.8) is 0 Å². The Morgan fingerprint density at radius 1 is 1.19 bits per heavy atom. The van der Waals surface area contributed by atoms with Gasteiger partial charge in [0.05, 0.1) is 24.1 Å². The Balaban J connectivity index is 1.39. The molecule has 3 aromatic heterocycles. The summed E-state index contributed by atoms with van der Waals surface area (Å²) < 4.78 is 18.5. The zero-order valence-corrected chi connectivity index (χ0v) is 18.1. The Bertz CT molecular complexity index is 1280. The fourth-order valence-corrected chi connectivity index (χ4v) is 4.47. The number of fused-ring (bicyclic) bond motifs is 1. The quantitative estimate of drug-likeness (QED) is 0.440. The molecule has 1 aromatic carbocycles. The van der Waals surface area contributed by atoms with Crippen molar-refractivity contribution in [3.05, 3.63) is 78.1 Å². The van der Waals surface area contributed by atoms with Crippen LogP contribution in [0, 0.1) is 12.8 Å². The van der Waals surface area contributed by atoms with Gasteiger partial charge in [-0.3, -0.25) is 14.5 Å². The maximum atomic E-state index is 15.1. The number of aromatic nitrogens is 5. The third-order valence-corrected chi connectivity index (χ3v) is 6.17. The summed E-state index contributed by atoms with van der Waals surface area (Å²) in [6.45, 7) is 2.16. The summed E-state index contributed by atoms with van der Waals surface area (Å²) in [5.41, 5.74) is 4.69. The Kier molecular flexibility index (Phi) is 5.17. The smallest absolute Gasteiger partial charge is 0.181 e. The number of pyridine rings is 1. The van der Waals surface area contributed by atoms with Crippen molar-refractivity contribution in [1.29, 1.82) is 0 Å². The highest BCUT2D eigenvalue weighted by Gasteiger charge is 2.33. The molecular formula is C25H24FN5O. The molecule has 0 bridgehead atoms. The van der Waals surface area contributed by atoms with E-state index in [1.165, 1.54) is 0 Å². The van der Waals surface area contributed by atoms with Gasteiger partial charge >= 0.3 is 0 Å². The van der Waals surface area contributed by atoms with Crippen LogP contribution >= 0.6 is 0 Å². The number of aryl methyl sites for hydroxylation is 2. The minimum absolute atomic E-state index is 0.104. The molecule has 6 nitrogen and oxygen atoms in total. The maximum Gasteiger partial charge on any atom is 0.181 e. The molecule has 4 heterocycles. The molecule has 0 amide bonds. The van der Waals surface area contributed by atoms with Crippen molar-refractivity contribution < 1.29 is 9.18 Å². The second kappa shape index (κ2) is 8.15. The van der Waals surface area contributed by atoms with Crippen LogP contribution in [0.25, 0.3) is 22.5 Å². The molecule has 5 rings (SSSR count). The molecule has 0 saturated heterocycles. The molecule has 2 unspecified atom stereocenters. The molecule has 1 aliphatic heterocycles. The SMILES string of the molecule is Cc1cccnc1-c1cnn(C)c1C(=O)CC1Cc2nc(-c3ccccc3)cn2CC1F. The monoisotopic (exact) mass is 429 g/mol. The lowest BCUT2D eigenvalue weighted by molar-refractivity contribution is 0.0888. The Morgan fingerprint density at radius 3 is 2.78 bits per heavy atom. The van der Waals surface area contributed by atoms with Gasteiger partial charge in [0, 0.05) is 49.3 Å². The molecular weight excluding hydrogens is 405 g/mol. The largest absolute Gasteiger partial charge is 0.331 e. The molecule has 0 fully saturated rings. The van der Waals surface area contributed by atoms with E-state index in [9.17, 15) is 4.79 Å². The van der Waals surface area contributed by atoms with E-state index in [4.69, 9.17) is 4.98 Å². The first kappa shape index (κ1) is 20.3. The highest BCUT2D eigenvalue weighted by atomic mass is 19.1. The van der Waals surface area contributed by atoms with E-state index in [-0.39, 0.29) is 18.7 Å². The van der Waals surface area contributed by atoms with Crippen molar-refractivity contribution in [2.45, 2.75) is 32.5 Å². The lowest BCUT2D eigenvalue weighted by Gasteiger charge is -2.26. The molecule has 7 heteroatoms. The number of alkyl halides is 1. The highest BCUT2D eigenvalue weighted by molar-refractivity contribution is 6.00. The van der Waals surface area contributed by atoms with Gasteiger partial charge in [0.25, 0.3) is 0 Å². The van der Waals surface area contributed by atoms with Crippen LogP contribution in [0.4, 0.5) is 4.39 Å². The number of ketones is 1. The van der Waals surface area contributed by atoms with Crippen LogP contribution in [0.2, 0.25) is 0 Å². The Morgan fingerprint density at radius 2 is 2.00 bits per heavy atom. The van der Waals surface area contributed by atoms with Gasteiger partial charge in [-0.25, -0.2) is 9.37 Å². The number of nitrogens with zero attached hydrogens (tertiary/aromatic N) is 5. The van der Waals surface area contributed by atoms with E-state index in [0.29, 0.717) is 17.7 Å². The predicted octanol–water partition coefficient (Wildman–Crippen LogP) is 4.44. The number of benzene rings is 1. The number of carbonyl (C=O) groups is 1. The number of hydrogen-bond donors (Lipinski definition) is 0. The van der Waals surface area contributed by atoms with E-state index < -0.39 is 12.1 Å². The van der Waals surface area contributed by atoms with E-state index in [1.807, 2.05) is 60.2 Å². The molecule has 4 aromatic rings. The summed E-state index contributed by atoms with van der Waals surface area (Å²) in [7, 11) is 1.74. The van der Waals surface area contributed by atoms with Gasteiger partial charge < -0.3 is 4.57 Å². The van der Waals surface area contributed by atoms with Crippen molar-refractivity contribution in [2.75, 3.05) is 0 Å². The molecule has 0 radical (unpaired) electrons. The topological polar surface area (TPSA) is 65.6 Å². The third-order valence-electron chi connectivity index (χ3n) is 6.17. The predicted molar refractivity (Wildman–Crippen MR) is 120 cm³/mol. The molecule has 32 heavy (non-hydrogen) atoms. The van der Waals surface area contributed by atoms with Crippen LogP contribution < -0.4 is 0 Å². The molecule has 2 atom stereocenters. The van der Waals surface area contributed by atoms with Gasteiger partial charge in [0.2, 0.25) is 0 Å². The van der Waals surface area contributed by atoms with Gasteiger partial charge in [0.1, 0.15) is 17.7 Å². The van der Waals surface area contributed by atoms with Crippen molar-refractivity contribution in [1.82, 2.24) is 24.3 Å². The summed E-state index contributed by atoms with van der Waals surface area (Å²) in [4.78, 5) is 22.5. The fraction of sp³-hybridized carbons (Fsp3) is 0.280. The lowest BCUT2D eigenvalue weighted by Crippen LogP contribution is -2.32. The van der Waals surface area contributed by atoms with Gasteiger partial charge in [-0.05, 0) is 18.6 Å². The average molecular weight is 429 g/mol. The normalized spacial score (nSPS) is 17.8. The van der Waals surface area contributed by atoms with Gasteiger partial charge in [0.15, 0.2) is 5.78 Å². The first-order valence-electron chi connectivity index (χ1n) is 10.7. The van der Waals surface area contributed by atoms with Gasteiger partial charge in [-0.2, -0.15) is 5.10 Å². The van der Waals surface area contributed by atoms with Gasteiger partial charge in [-0.15, -0.1) is 0 Å². The number of halogens is 1. The number of hydrogen-bond acceptors (Lipinski definition) is 4. The number of carbonyl (C=O) groups excluding carboxylic acids is 1. The van der Waals surface area contributed by atoms with E-state index >= 15 is 4.39 Å². The van der Waals surface area contributed by atoms with E-state index in [1.54, 1.807) is 24.1 Å². The summed E-state index contributed by atoms with van der Waals surface area (Å²) in [6, 6.07) is 13.7. The fourth-order valence-electron chi connectivity index (χ4n) is 4.47. The van der Waals surface area contributed by atoms with Crippen LogP contribution in [0.1, 0.15) is 28.3 Å². The zero-order chi connectivity index (χ0) is 22.2. The third kappa shape index (κ3) is 3.64. The maximum absolute atomic E-state index is 15.1. The van der Waals surface area contributed by atoms with Crippen LogP contribution in [0.5, 0.6) is 0 Å². The molecule has 0 spiro atoms. The highest BCUT2D eigenvalue weighted by Crippen LogP contribution is 2.31. The number of imidazole rings is 1. The van der Waals surface area contributed by atoms with Crippen molar-refractivity contribution in [2.24, 2.45) is 13.0 Å². The van der Waals surface area contributed by atoms with Crippen LogP contribution in [0.3, 0.4) is 0 Å². The molecule has 0 aliphatic carbocycles. The second-order valence-electron chi connectivity index (χ2n) is 8.37. The minimum Gasteiger partial charge on any atom is -0.331 e. The van der Waals surface area contributed by atoms with Crippen LogP contribution in [-0.4, -0.2) is 36.3 Å². The molecule has 162 valence electrons. The molecule has 0 N–H and O–H groups in total. The van der Waals surface area contributed by atoms with Gasteiger partial charge in [-0.1, -0.05) is 36.4 Å². The summed E-state index contributed by atoms with van der Waals surface area (Å²) in [5.74, 6) is 0.274. The lowest BCUT2D eigenvalue weighted by atomic mass is 9.89. The van der Waals surface area contributed by atoms with E-state index in [2.05, 4.69) is 10.1 Å².